The van der Waals surface area contributed by atoms with Gasteiger partial charge in [0.25, 0.3) is 0 Å². The molecule has 3 N–H and O–H groups in total. The lowest BCUT2D eigenvalue weighted by molar-refractivity contribution is -0.122. The van der Waals surface area contributed by atoms with E-state index in [-0.39, 0.29) is 23.1 Å². The van der Waals surface area contributed by atoms with E-state index in [1.165, 1.54) is 96.3 Å². The predicted octanol–water partition coefficient (Wildman–Crippen LogP) is 7.47. The Morgan fingerprint density at radius 1 is 0.909 bits per heavy atom. The molecular formula is C28H48N2O2S. The summed E-state index contributed by atoms with van der Waals surface area (Å²) in [6.07, 6.45) is 21.8. The van der Waals surface area contributed by atoms with Crippen molar-refractivity contribution in [2.75, 3.05) is 12.3 Å². The Morgan fingerprint density at radius 3 is 2.00 bits per heavy atom. The number of phenolic OH excluding ortho intramolecular Hbond substituents is 1. The third-order valence-corrected chi connectivity index (χ3v) is 7.87. The molecule has 2 atom stereocenters. The molecule has 188 valence electrons. The summed E-state index contributed by atoms with van der Waals surface area (Å²) in [5.74, 6) is 1.14. The average Bonchev–Trinajstić information content (AvgIpc) is 3.31. The lowest BCUT2D eigenvalue weighted by Crippen LogP contribution is -2.42. The maximum Gasteiger partial charge on any atom is 0.238 e. The van der Waals surface area contributed by atoms with Crippen LogP contribution in [0.2, 0.25) is 0 Å². The van der Waals surface area contributed by atoms with Gasteiger partial charge in [-0.1, -0.05) is 115 Å². The zero-order chi connectivity index (χ0) is 23.6. The van der Waals surface area contributed by atoms with E-state index in [0.29, 0.717) is 0 Å². The highest BCUT2D eigenvalue weighted by atomic mass is 32.2. The number of aromatic hydroxyl groups is 1. The molecule has 1 fully saturated rings. The lowest BCUT2D eigenvalue weighted by Gasteiger charge is -2.14. The van der Waals surface area contributed by atoms with Crippen LogP contribution in [0.1, 0.15) is 121 Å². The Bertz CT molecular complexity index is 640. The van der Waals surface area contributed by atoms with Crippen molar-refractivity contribution in [1.82, 2.24) is 10.6 Å². The number of nitrogens with one attached hydrogen (secondary N) is 2. The van der Waals surface area contributed by atoms with E-state index in [1.807, 2.05) is 12.1 Å². The maximum absolute atomic E-state index is 12.4. The molecule has 0 saturated carbocycles. The first-order valence-electron chi connectivity index (χ1n) is 13.6. The smallest absolute Gasteiger partial charge is 0.238 e. The minimum Gasteiger partial charge on any atom is -0.508 e. The lowest BCUT2D eigenvalue weighted by atomic mass is 10.0. The number of carbonyl (C=O) groups is 1. The molecule has 33 heavy (non-hydrogen) atoms. The topological polar surface area (TPSA) is 61.4 Å². The number of hydrogen-bond acceptors (Lipinski definition) is 4. The van der Waals surface area contributed by atoms with Crippen LogP contribution in [-0.4, -0.2) is 29.4 Å². The number of benzene rings is 1. The van der Waals surface area contributed by atoms with Gasteiger partial charge in [-0.3, -0.25) is 10.1 Å². The van der Waals surface area contributed by atoms with Gasteiger partial charge in [0, 0.05) is 12.3 Å². The number of carbonyl (C=O) groups excluding carboxylic acids is 1. The number of thioether (sulfide) groups is 1. The van der Waals surface area contributed by atoms with Crippen molar-refractivity contribution < 1.29 is 9.90 Å². The standard InChI is InChI=1S/C28H48N2O2S/c1-2-3-4-5-6-7-8-9-10-11-12-13-14-15-16-17-21-29-27(32)26-23-33-28(30-26)24-19-18-20-25(31)22-24/h18-20,22,26,28,30-31H,2-17,21,23H2,1H3,(H,29,32)/t26-,28?/m1/s1. The van der Waals surface area contributed by atoms with Gasteiger partial charge in [0.1, 0.15) is 5.75 Å². The third kappa shape index (κ3) is 12.7. The molecule has 5 heteroatoms. The van der Waals surface area contributed by atoms with Crippen LogP contribution < -0.4 is 10.6 Å². The summed E-state index contributed by atoms with van der Waals surface area (Å²) in [6, 6.07) is 7.12. The highest BCUT2D eigenvalue weighted by Crippen LogP contribution is 2.33. The van der Waals surface area contributed by atoms with Gasteiger partial charge in [-0.05, 0) is 24.1 Å². The Hall–Kier alpha value is -1.20. The van der Waals surface area contributed by atoms with E-state index in [4.69, 9.17) is 0 Å². The van der Waals surface area contributed by atoms with Gasteiger partial charge in [0.2, 0.25) is 5.91 Å². The number of phenols is 1. The molecule has 2 rings (SSSR count). The average molecular weight is 477 g/mol. The van der Waals surface area contributed by atoms with E-state index in [1.54, 1.807) is 23.9 Å². The zero-order valence-electron chi connectivity index (χ0n) is 21.0. The molecule has 1 aliphatic rings. The summed E-state index contributed by atoms with van der Waals surface area (Å²) in [4.78, 5) is 12.4. The van der Waals surface area contributed by atoms with Gasteiger partial charge < -0.3 is 10.4 Å². The first kappa shape index (κ1) is 28.0. The second kappa shape index (κ2) is 18.2. The van der Waals surface area contributed by atoms with Gasteiger partial charge >= 0.3 is 0 Å². The molecule has 0 spiro atoms. The van der Waals surface area contributed by atoms with E-state index < -0.39 is 0 Å². The first-order valence-corrected chi connectivity index (χ1v) is 14.7. The van der Waals surface area contributed by atoms with E-state index >= 15 is 0 Å². The van der Waals surface area contributed by atoms with Gasteiger partial charge in [-0.15, -0.1) is 11.8 Å². The normalized spacial score (nSPS) is 18.0. The minimum absolute atomic E-state index is 0.0726. The molecule has 1 saturated heterocycles. The van der Waals surface area contributed by atoms with Crippen molar-refractivity contribution in [2.24, 2.45) is 0 Å². The van der Waals surface area contributed by atoms with Gasteiger partial charge in [-0.2, -0.15) is 0 Å². The number of hydrogen-bond donors (Lipinski definition) is 3. The second-order valence-electron chi connectivity index (χ2n) is 9.62. The van der Waals surface area contributed by atoms with Crippen LogP contribution in [0.15, 0.2) is 24.3 Å². The summed E-state index contributed by atoms with van der Waals surface area (Å²) < 4.78 is 0. The van der Waals surface area contributed by atoms with Crippen LogP contribution in [0.5, 0.6) is 5.75 Å². The van der Waals surface area contributed by atoms with Crippen molar-refractivity contribution in [3.8, 4) is 5.75 Å². The zero-order valence-corrected chi connectivity index (χ0v) is 21.8. The monoisotopic (exact) mass is 476 g/mol. The maximum atomic E-state index is 12.4. The summed E-state index contributed by atoms with van der Waals surface area (Å²) in [5.41, 5.74) is 1.02. The Kier molecular flexibility index (Phi) is 15.4. The highest BCUT2D eigenvalue weighted by Gasteiger charge is 2.30. The van der Waals surface area contributed by atoms with Crippen molar-refractivity contribution in [3.05, 3.63) is 29.8 Å². The minimum atomic E-state index is -0.150. The highest BCUT2D eigenvalue weighted by molar-refractivity contribution is 7.99. The number of rotatable bonds is 19. The van der Waals surface area contributed by atoms with Crippen LogP contribution in [0.25, 0.3) is 0 Å². The largest absolute Gasteiger partial charge is 0.508 e. The SMILES string of the molecule is CCCCCCCCCCCCCCCCCCNC(=O)[C@H]1CSC(c2cccc(O)c2)N1. The van der Waals surface area contributed by atoms with Gasteiger partial charge in [0.15, 0.2) is 0 Å². The molecule has 0 aromatic heterocycles. The number of amides is 1. The first-order chi connectivity index (χ1) is 16.2. The predicted molar refractivity (Wildman–Crippen MR) is 143 cm³/mol. The molecule has 1 aromatic carbocycles. The van der Waals surface area contributed by atoms with E-state index in [9.17, 15) is 9.90 Å². The molecule has 1 unspecified atom stereocenters. The van der Waals surface area contributed by atoms with Crippen molar-refractivity contribution >= 4 is 17.7 Å². The van der Waals surface area contributed by atoms with Crippen LogP contribution in [0.3, 0.4) is 0 Å². The van der Waals surface area contributed by atoms with Crippen LogP contribution in [-0.2, 0) is 4.79 Å². The molecule has 1 heterocycles. The molecular weight excluding hydrogens is 428 g/mol. The van der Waals surface area contributed by atoms with E-state index in [2.05, 4.69) is 17.6 Å². The summed E-state index contributed by atoms with van der Waals surface area (Å²) in [5, 5.41) is 16.2. The summed E-state index contributed by atoms with van der Waals surface area (Å²) in [7, 11) is 0. The van der Waals surface area contributed by atoms with Crippen LogP contribution >= 0.6 is 11.8 Å². The molecule has 0 bridgehead atoms. The molecule has 1 aromatic rings. The van der Waals surface area contributed by atoms with Crippen LogP contribution in [0.4, 0.5) is 0 Å². The van der Waals surface area contributed by atoms with Crippen molar-refractivity contribution in [1.29, 1.82) is 0 Å². The van der Waals surface area contributed by atoms with Crippen molar-refractivity contribution in [2.45, 2.75) is 121 Å². The van der Waals surface area contributed by atoms with Crippen molar-refractivity contribution in [3.63, 3.8) is 0 Å². The van der Waals surface area contributed by atoms with E-state index in [0.717, 1.165) is 24.3 Å². The second-order valence-corrected chi connectivity index (χ2v) is 10.8. The third-order valence-electron chi connectivity index (χ3n) is 6.60. The van der Waals surface area contributed by atoms with Gasteiger partial charge in [0.05, 0.1) is 11.4 Å². The Morgan fingerprint density at radius 2 is 1.45 bits per heavy atom. The van der Waals surface area contributed by atoms with Crippen LogP contribution in [0, 0.1) is 0 Å². The molecule has 1 aliphatic heterocycles. The fourth-order valence-corrected chi connectivity index (χ4v) is 5.74. The molecule has 0 aliphatic carbocycles. The molecule has 1 amide bonds. The number of unbranched alkanes of at least 4 members (excludes halogenated alkanes) is 15. The quantitative estimate of drug-likeness (QED) is 0.181. The van der Waals surface area contributed by atoms with Gasteiger partial charge in [-0.25, -0.2) is 0 Å². The summed E-state index contributed by atoms with van der Waals surface area (Å²) in [6.45, 7) is 3.06. The Balaban J connectivity index is 1.35. The molecule has 4 nitrogen and oxygen atoms in total. The summed E-state index contributed by atoms with van der Waals surface area (Å²) >= 11 is 1.72. The Labute approximate surface area is 207 Å². The fourth-order valence-electron chi connectivity index (χ4n) is 4.51. The fraction of sp³-hybridized carbons (Fsp3) is 0.750. The molecule has 0 radical (unpaired) electrons.